The second kappa shape index (κ2) is 6.32. The average Bonchev–Trinajstić information content (AvgIpc) is 2.96. The van der Waals surface area contributed by atoms with E-state index in [4.69, 9.17) is 14.2 Å². The third-order valence-corrected chi connectivity index (χ3v) is 3.73. The molecule has 7 heteroatoms. The lowest BCUT2D eigenvalue weighted by molar-refractivity contribution is -0.0458. The molecule has 7 nitrogen and oxygen atoms in total. The van der Waals surface area contributed by atoms with Gasteiger partial charge in [0.1, 0.15) is 23.3 Å². The molecule has 1 unspecified atom stereocenters. The summed E-state index contributed by atoms with van der Waals surface area (Å²) in [6, 6.07) is 5.64. The molecular weight excluding hydrogens is 310 g/mol. The summed E-state index contributed by atoms with van der Waals surface area (Å²) in [5, 5.41) is 0. The molecule has 24 heavy (non-hydrogen) atoms. The topological polar surface area (TPSA) is 76.7 Å². The van der Waals surface area contributed by atoms with Crippen LogP contribution in [-0.2, 0) is 9.47 Å². The number of benzene rings is 1. The third kappa shape index (κ3) is 3.62. The van der Waals surface area contributed by atoms with Crippen molar-refractivity contribution < 1.29 is 19.0 Å². The van der Waals surface area contributed by atoms with E-state index in [1.165, 1.54) is 0 Å². The maximum Gasteiger partial charge on any atom is 0.410 e. The predicted octanol–water partition coefficient (Wildman–Crippen LogP) is 2.88. The van der Waals surface area contributed by atoms with Gasteiger partial charge in [-0.25, -0.2) is 9.78 Å². The van der Waals surface area contributed by atoms with Crippen LogP contribution in [0.25, 0.3) is 11.0 Å². The number of aromatic amines is 1. The minimum Gasteiger partial charge on any atom is -0.497 e. The maximum atomic E-state index is 12.2. The Morgan fingerprint density at radius 3 is 2.92 bits per heavy atom. The van der Waals surface area contributed by atoms with Gasteiger partial charge in [-0.05, 0) is 32.9 Å². The number of nitrogens with zero attached hydrogens (tertiary/aromatic N) is 2. The molecule has 1 atom stereocenters. The zero-order valence-corrected chi connectivity index (χ0v) is 14.5. The van der Waals surface area contributed by atoms with Gasteiger partial charge in [0.05, 0.1) is 31.3 Å². The van der Waals surface area contributed by atoms with Crippen LogP contribution in [0, 0.1) is 0 Å². The van der Waals surface area contributed by atoms with Crippen molar-refractivity contribution >= 4 is 17.1 Å². The Balaban J connectivity index is 1.76. The second-order valence-electron chi connectivity index (χ2n) is 6.79. The number of H-pyrrole nitrogens is 1. The Labute approximate surface area is 140 Å². The average molecular weight is 333 g/mol. The van der Waals surface area contributed by atoms with Crippen molar-refractivity contribution in [3.8, 4) is 5.75 Å². The Kier molecular flexibility index (Phi) is 4.36. The summed E-state index contributed by atoms with van der Waals surface area (Å²) in [6.07, 6.45) is -0.627. The molecule has 1 aromatic carbocycles. The summed E-state index contributed by atoms with van der Waals surface area (Å²) in [5.41, 5.74) is 1.20. The molecule has 1 aromatic heterocycles. The summed E-state index contributed by atoms with van der Waals surface area (Å²) in [7, 11) is 1.63. The van der Waals surface area contributed by atoms with Crippen LogP contribution >= 0.6 is 0 Å². The van der Waals surface area contributed by atoms with Crippen molar-refractivity contribution in [3.63, 3.8) is 0 Å². The minimum atomic E-state index is -0.513. The fourth-order valence-electron chi connectivity index (χ4n) is 2.59. The Bertz CT molecular complexity index is 735. The molecule has 2 aromatic rings. The van der Waals surface area contributed by atoms with E-state index in [-0.39, 0.29) is 12.2 Å². The van der Waals surface area contributed by atoms with Gasteiger partial charge in [0.2, 0.25) is 0 Å². The molecule has 3 rings (SSSR count). The lowest BCUT2D eigenvalue weighted by Crippen LogP contribution is -2.44. The predicted molar refractivity (Wildman–Crippen MR) is 89.1 cm³/mol. The van der Waals surface area contributed by atoms with Gasteiger partial charge in [-0.3, -0.25) is 0 Å². The summed E-state index contributed by atoms with van der Waals surface area (Å²) < 4.78 is 16.4. The quantitative estimate of drug-likeness (QED) is 0.914. The Morgan fingerprint density at radius 2 is 2.21 bits per heavy atom. The number of morpholine rings is 1. The van der Waals surface area contributed by atoms with Crippen LogP contribution in [0.5, 0.6) is 5.75 Å². The van der Waals surface area contributed by atoms with E-state index in [1.807, 2.05) is 39.0 Å². The third-order valence-electron chi connectivity index (χ3n) is 3.73. The number of nitrogens with one attached hydrogen (secondary N) is 1. The first-order valence-electron chi connectivity index (χ1n) is 7.99. The maximum absolute atomic E-state index is 12.2. The number of hydrogen-bond donors (Lipinski definition) is 1. The van der Waals surface area contributed by atoms with Crippen molar-refractivity contribution in [2.75, 3.05) is 26.8 Å². The largest absolute Gasteiger partial charge is 0.497 e. The number of imidazole rings is 1. The molecule has 0 bridgehead atoms. The van der Waals surface area contributed by atoms with Crippen molar-refractivity contribution in [1.82, 2.24) is 14.9 Å². The number of carbonyl (C=O) groups excluding carboxylic acids is 1. The number of fused-ring (bicyclic) bond motifs is 1. The number of aromatic nitrogens is 2. The number of amides is 1. The SMILES string of the molecule is COc1ccc2nc(C3CN(C(=O)OC(C)(C)C)CCO3)[nH]c2c1. The van der Waals surface area contributed by atoms with Gasteiger partial charge < -0.3 is 24.1 Å². The first kappa shape index (κ1) is 16.6. The highest BCUT2D eigenvalue weighted by molar-refractivity contribution is 5.77. The molecule has 1 saturated heterocycles. The molecule has 1 aliphatic rings. The van der Waals surface area contributed by atoms with Crippen LogP contribution in [0.4, 0.5) is 4.79 Å². The molecule has 0 spiro atoms. The van der Waals surface area contributed by atoms with Gasteiger partial charge in [-0.15, -0.1) is 0 Å². The highest BCUT2D eigenvalue weighted by Gasteiger charge is 2.30. The molecule has 1 N–H and O–H groups in total. The van der Waals surface area contributed by atoms with E-state index in [0.717, 1.165) is 16.8 Å². The highest BCUT2D eigenvalue weighted by atomic mass is 16.6. The second-order valence-corrected chi connectivity index (χ2v) is 6.79. The molecule has 1 aliphatic heterocycles. The normalized spacial score (nSPS) is 18.7. The van der Waals surface area contributed by atoms with Gasteiger partial charge in [0, 0.05) is 12.6 Å². The van der Waals surface area contributed by atoms with Crippen LogP contribution in [0.15, 0.2) is 18.2 Å². The van der Waals surface area contributed by atoms with Crippen molar-refractivity contribution in [3.05, 3.63) is 24.0 Å². The van der Waals surface area contributed by atoms with Gasteiger partial charge in [-0.2, -0.15) is 0 Å². The van der Waals surface area contributed by atoms with E-state index in [0.29, 0.717) is 25.5 Å². The summed E-state index contributed by atoms with van der Waals surface area (Å²) in [6.45, 7) is 6.94. The van der Waals surface area contributed by atoms with Gasteiger partial charge in [0.15, 0.2) is 0 Å². The summed E-state index contributed by atoms with van der Waals surface area (Å²) in [4.78, 5) is 21.7. The lowest BCUT2D eigenvalue weighted by Gasteiger charge is -2.33. The zero-order chi connectivity index (χ0) is 17.3. The summed E-state index contributed by atoms with van der Waals surface area (Å²) >= 11 is 0. The standard InChI is InChI=1S/C17H23N3O4/c1-17(2,3)24-16(21)20-7-8-23-14(10-20)15-18-12-6-5-11(22-4)9-13(12)19-15/h5-6,9,14H,7-8,10H2,1-4H3,(H,18,19). The van der Waals surface area contributed by atoms with E-state index in [1.54, 1.807) is 12.0 Å². The monoisotopic (exact) mass is 333 g/mol. The highest BCUT2D eigenvalue weighted by Crippen LogP contribution is 2.25. The van der Waals surface area contributed by atoms with Crippen LogP contribution in [0.1, 0.15) is 32.7 Å². The molecule has 1 amide bonds. The van der Waals surface area contributed by atoms with Crippen molar-refractivity contribution in [1.29, 1.82) is 0 Å². The number of ether oxygens (including phenoxy) is 3. The van der Waals surface area contributed by atoms with Gasteiger partial charge in [0.25, 0.3) is 0 Å². The summed E-state index contributed by atoms with van der Waals surface area (Å²) in [5.74, 6) is 1.46. The molecule has 130 valence electrons. The molecular formula is C17H23N3O4. The number of carbonyl (C=O) groups is 1. The van der Waals surface area contributed by atoms with Crippen LogP contribution in [-0.4, -0.2) is 53.4 Å². The van der Waals surface area contributed by atoms with Crippen LogP contribution in [0.2, 0.25) is 0 Å². The minimum absolute atomic E-state index is 0.301. The molecule has 2 heterocycles. The Hall–Kier alpha value is -2.28. The lowest BCUT2D eigenvalue weighted by atomic mass is 10.2. The first-order chi connectivity index (χ1) is 11.4. The molecule has 0 aliphatic carbocycles. The number of hydrogen-bond acceptors (Lipinski definition) is 5. The number of methoxy groups -OCH3 is 1. The van der Waals surface area contributed by atoms with E-state index >= 15 is 0 Å². The van der Waals surface area contributed by atoms with E-state index < -0.39 is 5.60 Å². The zero-order valence-electron chi connectivity index (χ0n) is 14.5. The smallest absolute Gasteiger partial charge is 0.410 e. The molecule has 0 saturated carbocycles. The number of rotatable bonds is 2. The Morgan fingerprint density at radius 1 is 1.42 bits per heavy atom. The molecule has 0 radical (unpaired) electrons. The molecule has 1 fully saturated rings. The van der Waals surface area contributed by atoms with Gasteiger partial charge >= 0.3 is 6.09 Å². The first-order valence-corrected chi connectivity index (χ1v) is 7.99. The van der Waals surface area contributed by atoms with Crippen LogP contribution in [0.3, 0.4) is 0 Å². The van der Waals surface area contributed by atoms with Gasteiger partial charge in [-0.1, -0.05) is 0 Å². The van der Waals surface area contributed by atoms with Crippen molar-refractivity contribution in [2.45, 2.75) is 32.5 Å². The fourth-order valence-corrected chi connectivity index (χ4v) is 2.59. The van der Waals surface area contributed by atoms with Crippen LogP contribution < -0.4 is 4.74 Å². The van der Waals surface area contributed by atoms with E-state index in [9.17, 15) is 4.79 Å². The van der Waals surface area contributed by atoms with Crippen molar-refractivity contribution in [2.24, 2.45) is 0 Å². The fraction of sp³-hybridized carbons (Fsp3) is 0.529. The van der Waals surface area contributed by atoms with E-state index in [2.05, 4.69) is 9.97 Å².